The minimum Gasteiger partial charge on any atom is -0.495 e. The molecule has 3 amide bonds. The van der Waals surface area contributed by atoms with Crippen LogP contribution in [0.2, 0.25) is 0 Å². The topological polar surface area (TPSA) is 75.7 Å². The fourth-order valence-corrected chi connectivity index (χ4v) is 6.75. The number of methoxy groups -OCH3 is 1. The van der Waals surface area contributed by atoms with E-state index in [0.29, 0.717) is 17.9 Å². The number of carbonyl (C=O) groups is 3. The largest absolute Gasteiger partial charge is 0.495 e. The van der Waals surface area contributed by atoms with Crippen LogP contribution in [0.25, 0.3) is 0 Å². The number of para-hydroxylation sites is 2. The maximum Gasteiger partial charge on any atom is 0.247 e. The number of nitrogens with one attached hydrogen (secondary N) is 1. The van der Waals surface area contributed by atoms with Crippen molar-refractivity contribution < 1.29 is 19.1 Å². The molecule has 1 heterocycles. The highest BCUT2D eigenvalue weighted by atomic mass is 16.5. The van der Waals surface area contributed by atoms with Crippen molar-refractivity contribution in [3.63, 3.8) is 0 Å². The van der Waals surface area contributed by atoms with Crippen LogP contribution in [0, 0.1) is 11.8 Å². The molecule has 0 aromatic heterocycles. The van der Waals surface area contributed by atoms with Gasteiger partial charge >= 0.3 is 0 Å². The number of hydrogen-bond donors (Lipinski definition) is 1. The van der Waals surface area contributed by atoms with Crippen molar-refractivity contribution in [2.75, 3.05) is 12.4 Å². The average Bonchev–Trinajstić information content (AvgIpc) is 3.19. The SMILES string of the molecule is CCCCC(C(=O)Nc1ccccc1OC)N1C(=O)C2C3c4ccccc4C(c4ccccc43)C2C1=O. The highest BCUT2D eigenvalue weighted by Gasteiger charge is 2.62. The first-order valence-corrected chi connectivity index (χ1v) is 13.0. The van der Waals surface area contributed by atoms with Crippen molar-refractivity contribution in [1.82, 2.24) is 4.90 Å². The molecule has 0 saturated carbocycles. The van der Waals surface area contributed by atoms with Crippen molar-refractivity contribution >= 4 is 23.4 Å². The first-order chi connectivity index (χ1) is 18.1. The summed E-state index contributed by atoms with van der Waals surface area (Å²) in [4.78, 5) is 43.3. The second-order valence-corrected chi connectivity index (χ2v) is 10.2. The normalized spacial score (nSPS) is 23.8. The minimum atomic E-state index is -0.874. The fraction of sp³-hybridized carbons (Fsp3) is 0.323. The zero-order valence-electron chi connectivity index (χ0n) is 21.0. The Morgan fingerprint density at radius 2 is 1.32 bits per heavy atom. The van der Waals surface area contributed by atoms with E-state index in [2.05, 4.69) is 29.6 Å². The Morgan fingerprint density at radius 3 is 1.81 bits per heavy atom. The number of imide groups is 1. The maximum atomic E-state index is 14.1. The van der Waals surface area contributed by atoms with Crippen molar-refractivity contribution in [3.05, 3.63) is 95.1 Å². The van der Waals surface area contributed by atoms with Gasteiger partial charge in [0.25, 0.3) is 0 Å². The van der Waals surface area contributed by atoms with Gasteiger partial charge in [-0.25, -0.2) is 0 Å². The Morgan fingerprint density at radius 1 is 0.838 bits per heavy atom. The second-order valence-electron chi connectivity index (χ2n) is 10.2. The third-order valence-electron chi connectivity index (χ3n) is 8.29. The van der Waals surface area contributed by atoms with E-state index in [0.717, 1.165) is 35.1 Å². The second kappa shape index (κ2) is 9.18. The molecular weight excluding hydrogens is 464 g/mol. The van der Waals surface area contributed by atoms with E-state index in [1.165, 1.54) is 4.90 Å². The third kappa shape index (κ3) is 3.50. The lowest BCUT2D eigenvalue weighted by atomic mass is 9.55. The molecule has 4 aliphatic rings. The lowest BCUT2D eigenvalue weighted by Crippen LogP contribution is -2.48. The number of unbranched alkanes of at least 4 members (excludes halogenated alkanes) is 1. The molecule has 7 rings (SSSR count). The fourth-order valence-electron chi connectivity index (χ4n) is 6.75. The predicted molar refractivity (Wildman–Crippen MR) is 140 cm³/mol. The first-order valence-electron chi connectivity index (χ1n) is 13.0. The van der Waals surface area contributed by atoms with E-state index in [1.807, 2.05) is 43.3 Å². The van der Waals surface area contributed by atoms with E-state index < -0.39 is 17.9 Å². The van der Waals surface area contributed by atoms with Crippen LogP contribution in [-0.2, 0) is 14.4 Å². The van der Waals surface area contributed by atoms with Gasteiger partial charge in [-0.3, -0.25) is 19.3 Å². The summed E-state index contributed by atoms with van der Waals surface area (Å²) in [5, 5.41) is 2.93. The summed E-state index contributed by atoms with van der Waals surface area (Å²) >= 11 is 0. The number of anilines is 1. The molecule has 3 unspecified atom stereocenters. The van der Waals surface area contributed by atoms with E-state index in [-0.39, 0.29) is 29.6 Å². The van der Waals surface area contributed by atoms with Crippen LogP contribution in [0.1, 0.15) is 60.3 Å². The molecule has 1 fully saturated rings. The molecule has 3 atom stereocenters. The van der Waals surface area contributed by atoms with Gasteiger partial charge in [0.05, 0.1) is 24.6 Å². The van der Waals surface area contributed by atoms with Gasteiger partial charge in [-0.2, -0.15) is 0 Å². The van der Waals surface area contributed by atoms with E-state index in [4.69, 9.17) is 4.74 Å². The van der Waals surface area contributed by atoms with Crippen LogP contribution in [-0.4, -0.2) is 35.8 Å². The zero-order chi connectivity index (χ0) is 25.7. The molecule has 1 N–H and O–H groups in total. The molecule has 3 aromatic rings. The van der Waals surface area contributed by atoms with Gasteiger partial charge < -0.3 is 10.1 Å². The van der Waals surface area contributed by atoms with Gasteiger partial charge in [0.1, 0.15) is 11.8 Å². The first kappa shape index (κ1) is 23.5. The molecule has 2 bridgehead atoms. The number of nitrogens with zero attached hydrogens (tertiary/aromatic N) is 1. The number of likely N-dealkylation sites (tertiary alicyclic amines) is 1. The number of amides is 3. The summed E-state index contributed by atoms with van der Waals surface area (Å²) in [6, 6.07) is 22.6. The molecule has 37 heavy (non-hydrogen) atoms. The van der Waals surface area contributed by atoms with Gasteiger partial charge in [0.15, 0.2) is 0 Å². The Bertz CT molecular complexity index is 1280. The summed E-state index contributed by atoms with van der Waals surface area (Å²) in [6.45, 7) is 2.04. The number of ether oxygens (including phenoxy) is 1. The van der Waals surface area contributed by atoms with Crippen LogP contribution in [0.15, 0.2) is 72.8 Å². The Labute approximate surface area is 216 Å². The van der Waals surface area contributed by atoms with Gasteiger partial charge in [-0.05, 0) is 40.8 Å². The molecule has 1 aliphatic heterocycles. The van der Waals surface area contributed by atoms with Crippen molar-refractivity contribution in [2.24, 2.45) is 11.8 Å². The maximum absolute atomic E-state index is 14.1. The van der Waals surface area contributed by atoms with Gasteiger partial charge in [-0.15, -0.1) is 0 Å². The van der Waals surface area contributed by atoms with Crippen LogP contribution in [0.5, 0.6) is 5.75 Å². The van der Waals surface area contributed by atoms with Crippen LogP contribution < -0.4 is 10.1 Å². The minimum absolute atomic E-state index is 0.187. The Kier molecular flexibility index (Phi) is 5.82. The lowest BCUT2D eigenvalue weighted by Gasteiger charge is -2.45. The number of carbonyl (C=O) groups excluding carboxylic acids is 3. The zero-order valence-corrected chi connectivity index (χ0v) is 21.0. The monoisotopic (exact) mass is 494 g/mol. The van der Waals surface area contributed by atoms with Crippen LogP contribution >= 0.6 is 0 Å². The molecular formula is C31H30N2O4. The average molecular weight is 495 g/mol. The highest BCUT2D eigenvalue weighted by molar-refractivity contribution is 6.11. The quantitative estimate of drug-likeness (QED) is 0.465. The predicted octanol–water partition coefficient (Wildman–Crippen LogP) is 5.08. The van der Waals surface area contributed by atoms with Crippen molar-refractivity contribution in [1.29, 1.82) is 0 Å². The molecule has 0 radical (unpaired) electrons. The summed E-state index contributed by atoms with van der Waals surface area (Å²) < 4.78 is 5.40. The van der Waals surface area contributed by atoms with Crippen LogP contribution in [0.3, 0.4) is 0 Å². The van der Waals surface area contributed by atoms with E-state index in [9.17, 15) is 14.4 Å². The summed E-state index contributed by atoms with van der Waals surface area (Å²) in [5.74, 6) is -1.66. The number of rotatable bonds is 7. The van der Waals surface area contributed by atoms with Gasteiger partial charge in [0.2, 0.25) is 17.7 Å². The lowest BCUT2D eigenvalue weighted by molar-refractivity contribution is -0.147. The van der Waals surface area contributed by atoms with E-state index >= 15 is 0 Å². The smallest absolute Gasteiger partial charge is 0.247 e. The summed E-state index contributed by atoms with van der Waals surface area (Å²) in [7, 11) is 1.54. The Hall–Kier alpha value is -3.93. The number of benzene rings is 3. The molecule has 188 valence electrons. The van der Waals surface area contributed by atoms with Gasteiger partial charge in [0, 0.05) is 11.8 Å². The van der Waals surface area contributed by atoms with Crippen molar-refractivity contribution in [2.45, 2.75) is 44.1 Å². The molecule has 6 heteroatoms. The van der Waals surface area contributed by atoms with Crippen LogP contribution in [0.4, 0.5) is 5.69 Å². The van der Waals surface area contributed by atoms with Gasteiger partial charge in [-0.1, -0.05) is 80.4 Å². The summed E-state index contributed by atoms with van der Waals surface area (Å²) in [6.07, 6.45) is 2.00. The van der Waals surface area contributed by atoms with E-state index in [1.54, 1.807) is 19.2 Å². The highest BCUT2D eigenvalue weighted by Crippen LogP contribution is 2.61. The molecule has 6 nitrogen and oxygen atoms in total. The third-order valence-corrected chi connectivity index (χ3v) is 8.29. The Balaban J connectivity index is 1.40. The molecule has 3 aliphatic carbocycles. The number of hydrogen-bond acceptors (Lipinski definition) is 4. The summed E-state index contributed by atoms with van der Waals surface area (Å²) in [5.41, 5.74) is 5.02. The molecule has 0 spiro atoms. The molecule has 1 saturated heterocycles. The van der Waals surface area contributed by atoms with Crippen molar-refractivity contribution in [3.8, 4) is 5.75 Å². The standard InChI is InChI=1S/C31H30N2O4/c1-3-4-16-23(29(34)32-22-15-9-10-17-24(22)37-2)33-30(35)27-25-18-11-5-6-12-19(18)26(28(27)31(33)36)21-14-8-7-13-20(21)25/h5-15,17,23,25-28H,3-4,16H2,1-2H3,(H,32,34). The molecule has 3 aromatic carbocycles.